The standard InChI is InChI=1S/C27H29FN8O/c1-6-34-13-21(16(2)31-34)14-35-19(5)26(18(4)33-35)30-24(37)15-36-27-25(17(3)32-36)23(11-12-29-27)20-7-9-22(28)10-8-20/h7-13H,6,14-15H2,1-5H3,(H,30,37). The predicted octanol–water partition coefficient (Wildman–Crippen LogP) is 4.57. The number of benzene rings is 1. The van der Waals surface area contributed by atoms with E-state index in [1.54, 1.807) is 23.0 Å². The lowest BCUT2D eigenvalue weighted by molar-refractivity contribution is -0.116. The van der Waals surface area contributed by atoms with Crippen LogP contribution in [0.2, 0.25) is 0 Å². The van der Waals surface area contributed by atoms with Crippen LogP contribution in [0.1, 0.15) is 35.3 Å². The van der Waals surface area contributed by atoms with Crippen molar-refractivity contribution in [1.82, 2.24) is 34.3 Å². The van der Waals surface area contributed by atoms with E-state index in [2.05, 4.69) is 32.5 Å². The molecule has 5 aromatic rings. The number of pyridine rings is 1. The summed E-state index contributed by atoms with van der Waals surface area (Å²) < 4.78 is 18.8. The van der Waals surface area contributed by atoms with E-state index < -0.39 is 0 Å². The van der Waals surface area contributed by atoms with Crippen molar-refractivity contribution in [1.29, 1.82) is 0 Å². The van der Waals surface area contributed by atoms with Gasteiger partial charge in [-0.15, -0.1) is 0 Å². The van der Waals surface area contributed by atoms with E-state index in [-0.39, 0.29) is 18.3 Å². The second-order valence-electron chi connectivity index (χ2n) is 9.15. The summed E-state index contributed by atoms with van der Waals surface area (Å²) in [5, 5.41) is 17.6. The van der Waals surface area contributed by atoms with E-state index in [4.69, 9.17) is 0 Å². The van der Waals surface area contributed by atoms with Crippen molar-refractivity contribution in [3.63, 3.8) is 0 Å². The quantitative estimate of drug-likeness (QED) is 0.353. The lowest BCUT2D eigenvalue weighted by Crippen LogP contribution is -2.20. The van der Waals surface area contributed by atoms with E-state index in [0.717, 1.165) is 51.4 Å². The molecule has 1 aromatic carbocycles. The first-order chi connectivity index (χ1) is 17.7. The topological polar surface area (TPSA) is 95.5 Å². The van der Waals surface area contributed by atoms with Gasteiger partial charge in [0.2, 0.25) is 5.91 Å². The van der Waals surface area contributed by atoms with E-state index >= 15 is 0 Å². The van der Waals surface area contributed by atoms with Gasteiger partial charge in [-0.2, -0.15) is 15.3 Å². The summed E-state index contributed by atoms with van der Waals surface area (Å²) in [5.41, 5.74) is 7.46. The lowest BCUT2D eigenvalue weighted by atomic mass is 10.0. The molecule has 0 aliphatic carbocycles. The molecule has 190 valence electrons. The predicted molar refractivity (Wildman–Crippen MR) is 140 cm³/mol. The Labute approximate surface area is 213 Å². The molecular weight excluding hydrogens is 471 g/mol. The number of aryl methyl sites for hydroxylation is 4. The molecule has 4 aromatic heterocycles. The van der Waals surface area contributed by atoms with Crippen molar-refractivity contribution in [2.24, 2.45) is 0 Å². The van der Waals surface area contributed by atoms with Crippen LogP contribution in [-0.2, 0) is 24.4 Å². The molecule has 0 radical (unpaired) electrons. The van der Waals surface area contributed by atoms with Crippen molar-refractivity contribution < 1.29 is 9.18 Å². The molecule has 1 amide bonds. The lowest BCUT2D eigenvalue weighted by Gasteiger charge is -2.08. The third kappa shape index (κ3) is 4.62. The molecule has 37 heavy (non-hydrogen) atoms. The molecule has 0 aliphatic heterocycles. The van der Waals surface area contributed by atoms with Gasteiger partial charge in [0.05, 0.1) is 35.0 Å². The highest BCUT2D eigenvalue weighted by Crippen LogP contribution is 2.30. The molecule has 0 saturated carbocycles. The van der Waals surface area contributed by atoms with Crippen LogP contribution in [0.15, 0.2) is 42.7 Å². The highest BCUT2D eigenvalue weighted by Gasteiger charge is 2.19. The Morgan fingerprint density at radius 1 is 0.946 bits per heavy atom. The van der Waals surface area contributed by atoms with E-state index in [1.165, 1.54) is 12.1 Å². The monoisotopic (exact) mass is 500 g/mol. The maximum absolute atomic E-state index is 13.4. The summed E-state index contributed by atoms with van der Waals surface area (Å²) in [4.78, 5) is 17.6. The van der Waals surface area contributed by atoms with Gasteiger partial charge in [-0.25, -0.2) is 14.1 Å². The third-order valence-corrected chi connectivity index (χ3v) is 6.59. The van der Waals surface area contributed by atoms with Crippen LogP contribution in [0, 0.1) is 33.5 Å². The molecule has 0 saturated heterocycles. The SMILES string of the molecule is CCn1cc(Cn2nc(C)c(NC(=O)Cn3nc(C)c4c(-c5ccc(F)cc5)ccnc43)c2C)c(C)n1. The molecule has 10 heteroatoms. The smallest absolute Gasteiger partial charge is 0.246 e. The minimum absolute atomic E-state index is 0.00332. The number of hydrogen-bond acceptors (Lipinski definition) is 5. The normalized spacial score (nSPS) is 11.4. The maximum atomic E-state index is 13.4. The molecule has 0 bridgehead atoms. The van der Waals surface area contributed by atoms with Crippen molar-refractivity contribution in [2.75, 3.05) is 5.32 Å². The number of amides is 1. The average molecular weight is 501 g/mol. The molecule has 9 nitrogen and oxygen atoms in total. The van der Waals surface area contributed by atoms with E-state index in [9.17, 15) is 9.18 Å². The highest BCUT2D eigenvalue weighted by atomic mass is 19.1. The number of aromatic nitrogens is 7. The number of hydrogen-bond donors (Lipinski definition) is 1. The van der Waals surface area contributed by atoms with Gasteiger partial charge in [0.1, 0.15) is 12.4 Å². The number of carbonyl (C=O) groups is 1. The molecule has 0 atom stereocenters. The summed E-state index contributed by atoms with van der Waals surface area (Å²) in [7, 11) is 0. The number of nitrogens with zero attached hydrogens (tertiary/aromatic N) is 7. The maximum Gasteiger partial charge on any atom is 0.246 e. The first kappa shape index (κ1) is 24.4. The summed E-state index contributed by atoms with van der Waals surface area (Å²) in [6.45, 7) is 11.1. The second kappa shape index (κ2) is 9.61. The summed E-state index contributed by atoms with van der Waals surface area (Å²) in [6, 6.07) is 8.19. The Hall–Kier alpha value is -4.34. The van der Waals surface area contributed by atoms with Crippen LogP contribution in [0.4, 0.5) is 10.1 Å². The number of nitrogens with one attached hydrogen (secondary N) is 1. The van der Waals surface area contributed by atoms with Gasteiger partial charge in [-0.1, -0.05) is 12.1 Å². The molecular formula is C27H29FN8O. The number of rotatable bonds is 7. The fourth-order valence-electron chi connectivity index (χ4n) is 4.65. The van der Waals surface area contributed by atoms with Crippen LogP contribution < -0.4 is 5.32 Å². The van der Waals surface area contributed by atoms with Crippen molar-refractivity contribution in [2.45, 2.75) is 54.3 Å². The zero-order valence-corrected chi connectivity index (χ0v) is 21.6. The summed E-state index contributed by atoms with van der Waals surface area (Å²) >= 11 is 0. The zero-order valence-electron chi connectivity index (χ0n) is 21.6. The number of anilines is 1. The van der Waals surface area contributed by atoms with Crippen LogP contribution >= 0.6 is 0 Å². The fourth-order valence-corrected chi connectivity index (χ4v) is 4.65. The minimum Gasteiger partial charge on any atom is -0.321 e. The van der Waals surface area contributed by atoms with Crippen molar-refractivity contribution in [3.8, 4) is 11.1 Å². The fraction of sp³-hybridized carbons (Fsp3) is 0.296. The molecule has 5 rings (SSSR count). The van der Waals surface area contributed by atoms with Gasteiger partial charge >= 0.3 is 0 Å². The second-order valence-corrected chi connectivity index (χ2v) is 9.15. The van der Waals surface area contributed by atoms with E-state index in [0.29, 0.717) is 17.9 Å². The minimum atomic E-state index is -0.293. The first-order valence-electron chi connectivity index (χ1n) is 12.2. The Morgan fingerprint density at radius 2 is 1.68 bits per heavy atom. The van der Waals surface area contributed by atoms with Crippen LogP contribution in [0.3, 0.4) is 0 Å². The highest BCUT2D eigenvalue weighted by molar-refractivity contribution is 5.96. The number of carbonyl (C=O) groups excluding carboxylic acids is 1. The van der Waals surface area contributed by atoms with Crippen molar-refractivity contribution in [3.05, 3.63) is 76.9 Å². The third-order valence-electron chi connectivity index (χ3n) is 6.59. The van der Waals surface area contributed by atoms with Gasteiger partial charge < -0.3 is 5.32 Å². The Balaban J connectivity index is 1.38. The van der Waals surface area contributed by atoms with E-state index in [1.807, 2.05) is 49.3 Å². The van der Waals surface area contributed by atoms with Crippen LogP contribution in [0.25, 0.3) is 22.2 Å². The molecule has 0 aliphatic rings. The molecule has 1 N–H and O–H groups in total. The van der Waals surface area contributed by atoms with Crippen molar-refractivity contribution >= 4 is 22.6 Å². The van der Waals surface area contributed by atoms with Gasteiger partial charge in [0, 0.05) is 29.9 Å². The van der Waals surface area contributed by atoms with Gasteiger partial charge in [0.25, 0.3) is 0 Å². The van der Waals surface area contributed by atoms with Gasteiger partial charge in [0.15, 0.2) is 5.65 Å². The Bertz CT molecular complexity index is 1610. The summed E-state index contributed by atoms with van der Waals surface area (Å²) in [5.74, 6) is -0.516. The average Bonchev–Trinajstić information content (AvgIpc) is 3.48. The number of fused-ring (bicyclic) bond motifs is 1. The Morgan fingerprint density at radius 3 is 2.38 bits per heavy atom. The molecule has 0 unspecified atom stereocenters. The molecule has 0 fully saturated rings. The zero-order chi connectivity index (χ0) is 26.3. The Kier molecular flexibility index (Phi) is 6.32. The van der Waals surface area contributed by atoms with Gasteiger partial charge in [-0.05, 0) is 63.9 Å². The van der Waals surface area contributed by atoms with Crippen LogP contribution in [0.5, 0.6) is 0 Å². The summed E-state index contributed by atoms with van der Waals surface area (Å²) in [6.07, 6.45) is 3.71. The first-order valence-corrected chi connectivity index (χ1v) is 12.2. The molecule has 0 spiro atoms. The van der Waals surface area contributed by atoms with Gasteiger partial charge in [-0.3, -0.25) is 14.2 Å². The molecule has 4 heterocycles. The number of halogens is 1. The van der Waals surface area contributed by atoms with Crippen LogP contribution in [-0.4, -0.2) is 40.2 Å². The largest absolute Gasteiger partial charge is 0.321 e.